The molecule has 0 spiro atoms. The Kier molecular flexibility index (Phi) is 5.35. The van der Waals surface area contributed by atoms with Crippen LogP contribution >= 0.6 is 0 Å². The lowest BCUT2D eigenvalue weighted by Gasteiger charge is -2.17. The van der Waals surface area contributed by atoms with Gasteiger partial charge >= 0.3 is 5.97 Å². The van der Waals surface area contributed by atoms with E-state index in [4.69, 9.17) is 4.74 Å². The SMILES string of the molecule is CCOC(=O)[C@@H](C(C)=O)[C@H](C)CC. The van der Waals surface area contributed by atoms with Gasteiger partial charge in [-0.1, -0.05) is 20.3 Å². The number of Topliss-reactive ketones (excluding diaryl/α,β-unsaturated/α-hetero) is 1. The van der Waals surface area contributed by atoms with Gasteiger partial charge in [0.05, 0.1) is 6.61 Å². The first-order chi connectivity index (χ1) is 6.04. The molecule has 3 nitrogen and oxygen atoms in total. The van der Waals surface area contributed by atoms with Crippen LogP contribution in [-0.2, 0) is 14.3 Å². The summed E-state index contributed by atoms with van der Waals surface area (Å²) in [6.45, 7) is 7.36. The number of carbonyl (C=O) groups is 2. The first-order valence-corrected chi connectivity index (χ1v) is 4.71. The molecule has 0 fully saturated rings. The maximum atomic E-state index is 11.3. The molecule has 2 atom stereocenters. The van der Waals surface area contributed by atoms with Crippen molar-refractivity contribution in [3.8, 4) is 0 Å². The van der Waals surface area contributed by atoms with Crippen molar-refractivity contribution >= 4 is 11.8 Å². The topological polar surface area (TPSA) is 43.4 Å². The van der Waals surface area contributed by atoms with Crippen molar-refractivity contribution in [1.82, 2.24) is 0 Å². The number of ketones is 1. The molecule has 0 aromatic carbocycles. The van der Waals surface area contributed by atoms with Crippen LogP contribution in [0.3, 0.4) is 0 Å². The molecule has 0 aliphatic rings. The van der Waals surface area contributed by atoms with Crippen LogP contribution in [0.15, 0.2) is 0 Å². The summed E-state index contributed by atoms with van der Waals surface area (Å²) in [7, 11) is 0. The highest BCUT2D eigenvalue weighted by molar-refractivity contribution is 5.97. The molecule has 0 bridgehead atoms. The van der Waals surface area contributed by atoms with Crippen molar-refractivity contribution in [2.45, 2.75) is 34.1 Å². The molecule has 0 amide bonds. The molecule has 76 valence electrons. The van der Waals surface area contributed by atoms with Crippen LogP contribution in [0, 0.1) is 11.8 Å². The van der Waals surface area contributed by atoms with Gasteiger partial charge in [0, 0.05) is 0 Å². The predicted molar refractivity (Wildman–Crippen MR) is 50.3 cm³/mol. The zero-order chi connectivity index (χ0) is 10.4. The molecule has 0 aromatic rings. The molecule has 0 heterocycles. The van der Waals surface area contributed by atoms with Crippen molar-refractivity contribution in [3.05, 3.63) is 0 Å². The highest BCUT2D eigenvalue weighted by Crippen LogP contribution is 2.17. The maximum Gasteiger partial charge on any atom is 0.316 e. The second-order valence-electron chi connectivity index (χ2n) is 3.23. The lowest BCUT2D eigenvalue weighted by atomic mass is 9.89. The average molecular weight is 186 g/mol. The van der Waals surface area contributed by atoms with Gasteiger partial charge in [-0.25, -0.2) is 0 Å². The Labute approximate surface area is 79.5 Å². The molecule has 0 radical (unpaired) electrons. The number of carbonyl (C=O) groups excluding carboxylic acids is 2. The van der Waals surface area contributed by atoms with Crippen molar-refractivity contribution < 1.29 is 14.3 Å². The molecule has 0 aliphatic heterocycles. The Bertz CT molecular complexity index is 187. The molecule has 0 N–H and O–H groups in total. The molecule has 0 aromatic heterocycles. The van der Waals surface area contributed by atoms with E-state index in [0.29, 0.717) is 6.61 Å². The largest absolute Gasteiger partial charge is 0.465 e. The molecule has 0 saturated carbocycles. The number of rotatable bonds is 5. The Hall–Kier alpha value is -0.860. The standard InChI is InChI=1S/C10H18O3/c1-5-7(3)9(8(4)11)10(12)13-6-2/h7,9H,5-6H2,1-4H3/t7-,9-/m1/s1. The van der Waals surface area contributed by atoms with Gasteiger partial charge in [0.1, 0.15) is 11.7 Å². The number of esters is 1. The van der Waals surface area contributed by atoms with Crippen LogP contribution in [0.1, 0.15) is 34.1 Å². The van der Waals surface area contributed by atoms with Gasteiger partial charge in [0.2, 0.25) is 0 Å². The first-order valence-electron chi connectivity index (χ1n) is 4.71. The number of hydrogen-bond donors (Lipinski definition) is 0. The summed E-state index contributed by atoms with van der Waals surface area (Å²) in [5.41, 5.74) is 0. The Balaban J connectivity index is 4.41. The van der Waals surface area contributed by atoms with Crippen LogP contribution in [0.5, 0.6) is 0 Å². The van der Waals surface area contributed by atoms with E-state index in [1.165, 1.54) is 6.92 Å². The first kappa shape index (κ1) is 12.1. The minimum absolute atomic E-state index is 0.0662. The smallest absolute Gasteiger partial charge is 0.316 e. The lowest BCUT2D eigenvalue weighted by Crippen LogP contribution is -2.30. The van der Waals surface area contributed by atoms with E-state index in [0.717, 1.165) is 6.42 Å². The van der Waals surface area contributed by atoms with Gasteiger partial charge in [-0.15, -0.1) is 0 Å². The summed E-state index contributed by atoms with van der Waals surface area (Å²) in [4.78, 5) is 22.5. The fourth-order valence-electron chi connectivity index (χ4n) is 1.27. The van der Waals surface area contributed by atoms with Crippen molar-refractivity contribution in [1.29, 1.82) is 0 Å². The van der Waals surface area contributed by atoms with Gasteiger partial charge in [0.15, 0.2) is 0 Å². The van der Waals surface area contributed by atoms with Crippen LogP contribution in [0.4, 0.5) is 0 Å². The Morgan fingerprint density at radius 3 is 2.15 bits per heavy atom. The predicted octanol–water partition coefficient (Wildman–Crippen LogP) is 1.80. The van der Waals surface area contributed by atoms with Gasteiger partial charge in [-0.2, -0.15) is 0 Å². The third-order valence-electron chi connectivity index (χ3n) is 2.19. The van der Waals surface area contributed by atoms with E-state index in [2.05, 4.69) is 0 Å². The highest BCUT2D eigenvalue weighted by Gasteiger charge is 2.29. The lowest BCUT2D eigenvalue weighted by molar-refractivity contribution is -0.153. The molecule has 0 unspecified atom stereocenters. The fraction of sp³-hybridized carbons (Fsp3) is 0.800. The van der Waals surface area contributed by atoms with E-state index in [9.17, 15) is 9.59 Å². The summed E-state index contributed by atoms with van der Waals surface area (Å²) < 4.78 is 4.83. The molecular weight excluding hydrogens is 168 g/mol. The van der Waals surface area contributed by atoms with Gasteiger partial charge in [-0.05, 0) is 19.8 Å². The van der Waals surface area contributed by atoms with Crippen molar-refractivity contribution in [3.63, 3.8) is 0 Å². The molecule has 13 heavy (non-hydrogen) atoms. The van der Waals surface area contributed by atoms with Crippen LogP contribution < -0.4 is 0 Å². The monoisotopic (exact) mass is 186 g/mol. The molecule has 0 rings (SSSR count). The second-order valence-corrected chi connectivity index (χ2v) is 3.23. The molecular formula is C10H18O3. The Morgan fingerprint density at radius 2 is 1.85 bits per heavy atom. The van der Waals surface area contributed by atoms with E-state index >= 15 is 0 Å². The van der Waals surface area contributed by atoms with Crippen LogP contribution in [0.2, 0.25) is 0 Å². The minimum Gasteiger partial charge on any atom is -0.465 e. The summed E-state index contributed by atoms with van der Waals surface area (Å²) in [5.74, 6) is -1.00. The van der Waals surface area contributed by atoms with E-state index in [-0.39, 0.29) is 17.7 Å². The molecule has 0 aliphatic carbocycles. The molecule has 3 heteroatoms. The van der Waals surface area contributed by atoms with Crippen LogP contribution in [0.25, 0.3) is 0 Å². The van der Waals surface area contributed by atoms with Crippen molar-refractivity contribution in [2.24, 2.45) is 11.8 Å². The number of ether oxygens (including phenoxy) is 1. The van der Waals surface area contributed by atoms with Gasteiger partial charge < -0.3 is 4.74 Å². The summed E-state index contributed by atoms with van der Waals surface area (Å²) in [6.07, 6.45) is 0.809. The normalized spacial score (nSPS) is 14.8. The molecule has 0 saturated heterocycles. The second kappa shape index (κ2) is 5.73. The zero-order valence-electron chi connectivity index (χ0n) is 8.79. The van der Waals surface area contributed by atoms with E-state index in [1.807, 2.05) is 13.8 Å². The third-order valence-corrected chi connectivity index (χ3v) is 2.19. The number of hydrogen-bond acceptors (Lipinski definition) is 3. The zero-order valence-corrected chi connectivity index (χ0v) is 8.79. The Morgan fingerprint density at radius 1 is 1.31 bits per heavy atom. The highest BCUT2D eigenvalue weighted by atomic mass is 16.5. The van der Waals surface area contributed by atoms with Gasteiger partial charge in [-0.3, -0.25) is 9.59 Å². The summed E-state index contributed by atoms with van der Waals surface area (Å²) in [5, 5.41) is 0. The quantitative estimate of drug-likeness (QED) is 0.485. The summed E-state index contributed by atoms with van der Waals surface area (Å²) in [6, 6.07) is 0. The third kappa shape index (κ3) is 3.57. The van der Waals surface area contributed by atoms with E-state index < -0.39 is 5.92 Å². The maximum absolute atomic E-state index is 11.3. The average Bonchev–Trinajstić information content (AvgIpc) is 2.04. The summed E-state index contributed by atoms with van der Waals surface area (Å²) >= 11 is 0. The van der Waals surface area contributed by atoms with Crippen LogP contribution in [-0.4, -0.2) is 18.4 Å². The minimum atomic E-state index is -0.579. The van der Waals surface area contributed by atoms with E-state index in [1.54, 1.807) is 6.92 Å². The van der Waals surface area contributed by atoms with Gasteiger partial charge in [0.25, 0.3) is 0 Å². The van der Waals surface area contributed by atoms with Crippen molar-refractivity contribution in [2.75, 3.05) is 6.61 Å². The fourth-order valence-corrected chi connectivity index (χ4v) is 1.27.